The average molecular weight is 493 g/mol. The van der Waals surface area contributed by atoms with Gasteiger partial charge in [0.1, 0.15) is 0 Å². The number of nitrogens with one attached hydrogen (secondary N) is 4. The van der Waals surface area contributed by atoms with Crippen LogP contribution in [0.5, 0.6) is 17.2 Å². The molecule has 0 atom stereocenters. The lowest BCUT2D eigenvalue weighted by molar-refractivity contribution is 0.324. The lowest BCUT2D eigenvalue weighted by Gasteiger charge is -2.15. The number of ether oxygens (including phenoxy) is 3. The van der Waals surface area contributed by atoms with E-state index >= 15 is 0 Å². The van der Waals surface area contributed by atoms with E-state index in [0.717, 1.165) is 6.20 Å². The number of anilines is 5. The summed E-state index contributed by atoms with van der Waals surface area (Å²) in [5.74, 6) is 0.540. The number of rotatable bonds is 11. The maximum absolute atomic E-state index is 14.4. The van der Waals surface area contributed by atoms with Gasteiger partial charge in [0, 0.05) is 30.1 Å². The minimum absolute atomic E-state index is 0.0992. The van der Waals surface area contributed by atoms with Crippen molar-refractivity contribution < 1.29 is 27.0 Å². The van der Waals surface area contributed by atoms with Crippen molar-refractivity contribution in [3.63, 3.8) is 0 Å². The van der Waals surface area contributed by atoms with Crippen LogP contribution in [0.25, 0.3) is 0 Å². The monoisotopic (exact) mass is 492 g/mol. The molecule has 3 aromatic rings. The first-order valence-electron chi connectivity index (χ1n) is 10.0. The van der Waals surface area contributed by atoms with Gasteiger partial charge in [-0.25, -0.2) is 9.37 Å². The van der Waals surface area contributed by atoms with Crippen LogP contribution in [-0.4, -0.2) is 46.3 Å². The first-order chi connectivity index (χ1) is 16.3. The third-order valence-electron chi connectivity index (χ3n) is 4.38. The van der Waals surface area contributed by atoms with Gasteiger partial charge in [0.25, 0.3) is 10.2 Å². The van der Waals surface area contributed by atoms with Gasteiger partial charge in [-0.3, -0.25) is 4.72 Å². The van der Waals surface area contributed by atoms with Crippen LogP contribution in [0.1, 0.15) is 6.92 Å². The normalized spacial score (nSPS) is 11.0. The first-order valence-corrected chi connectivity index (χ1v) is 11.5. The van der Waals surface area contributed by atoms with Crippen LogP contribution < -0.4 is 34.3 Å². The molecule has 0 radical (unpaired) electrons. The Morgan fingerprint density at radius 3 is 2.24 bits per heavy atom. The topological polar surface area (TPSA) is 136 Å². The smallest absolute Gasteiger partial charge is 0.299 e. The summed E-state index contributed by atoms with van der Waals surface area (Å²) in [5, 5.41) is 5.80. The van der Waals surface area contributed by atoms with Gasteiger partial charge in [-0.15, -0.1) is 0 Å². The highest BCUT2D eigenvalue weighted by Gasteiger charge is 2.15. The van der Waals surface area contributed by atoms with Gasteiger partial charge >= 0.3 is 0 Å². The molecular formula is C21H25FN6O5S. The van der Waals surface area contributed by atoms with Crippen LogP contribution in [-0.2, 0) is 10.2 Å². The summed E-state index contributed by atoms with van der Waals surface area (Å²) in [5.41, 5.74) is 1.22. The molecule has 3 rings (SSSR count). The second-order valence-corrected chi connectivity index (χ2v) is 8.24. The molecule has 0 amide bonds. The molecule has 182 valence electrons. The number of benzene rings is 2. The van der Waals surface area contributed by atoms with Crippen LogP contribution in [0.4, 0.5) is 33.2 Å². The molecule has 0 saturated heterocycles. The van der Waals surface area contributed by atoms with E-state index in [1.54, 1.807) is 37.3 Å². The van der Waals surface area contributed by atoms with Gasteiger partial charge in [0.15, 0.2) is 23.1 Å². The van der Waals surface area contributed by atoms with Crippen LogP contribution in [0.15, 0.2) is 42.6 Å². The molecule has 0 bridgehead atoms. The highest BCUT2D eigenvalue weighted by Crippen LogP contribution is 2.40. The fourth-order valence-corrected chi connectivity index (χ4v) is 3.87. The standard InChI is InChI=1S/C21H25FN6O5S/c1-5-24-34(29,30)28-14-8-6-7-13(9-14)25-20-16(22)12-23-21(27-20)26-15-10-17(31-2)19(33-4)18(11-15)32-3/h6-12,24,28H,5H2,1-4H3,(H2,23,25,26,27). The number of halogens is 1. The van der Waals surface area contributed by atoms with Gasteiger partial charge in [-0.05, 0) is 18.2 Å². The summed E-state index contributed by atoms with van der Waals surface area (Å²) in [7, 11) is 0.768. The van der Waals surface area contributed by atoms with Crippen LogP contribution in [0, 0.1) is 5.82 Å². The van der Waals surface area contributed by atoms with Crippen molar-refractivity contribution in [3.05, 3.63) is 48.4 Å². The molecular weight excluding hydrogens is 467 g/mol. The number of nitrogens with zero attached hydrogens (tertiary/aromatic N) is 2. The Balaban J connectivity index is 1.83. The molecule has 11 nitrogen and oxygen atoms in total. The number of hydrogen-bond acceptors (Lipinski definition) is 9. The zero-order chi connectivity index (χ0) is 24.7. The minimum Gasteiger partial charge on any atom is -0.493 e. The van der Waals surface area contributed by atoms with Crippen molar-refractivity contribution >= 4 is 39.0 Å². The van der Waals surface area contributed by atoms with Crippen molar-refractivity contribution in [2.75, 3.05) is 43.2 Å². The van der Waals surface area contributed by atoms with Gasteiger partial charge in [-0.1, -0.05) is 13.0 Å². The quantitative estimate of drug-likeness (QED) is 0.317. The van der Waals surface area contributed by atoms with Crippen molar-refractivity contribution in [2.45, 2.75) is 6.92 Å². The maximum atomic E-state index is 14.4. The van der Waals surface area contributed by atoms with Crippen LogP contribution in [0.3, 0.4) is 0 Å². The Kier molecular flexibility index (Phi) is 7.91. The largest absolute Gasteiger partial charge is 0.493 e. The van der Waals surface area contributed by atoms with Gasteiger partial charge in [0.05, 0.1) is 33.2 Å². The Labute approximate surface area is 196 Å². The van der Waals surface area contributed by atoms with Crippen molar-refractivity contribution in [1.29, 1.82) is 0 Å². The first kappa shape index (κ1) is 24.8. The Morgan fingerprint density at radius 1 is 0.941 bits per heavy atom. The van der Waals surface area contributed by atoms with E-state index in [9.17, 15) is 12.8 Å². The lowest BCUT2D eigenvalue weighted by Crippen LogP contribution is -2.29. The molecule has 2 aromatic carbocycles. The second-order valence-electron chi connectivity index (χ2n) is 6.74. The predicted octanol–water partition coefficient (Wildman–Crippen LogP) is 3.39. The predicted molar refractivity (Wildman–Crippen MR) is 127 cm³/mol. The minimum atomic E-state index is -3.71. The van der Waals surface area contributed by atoms with E-state index in [1.165, 1.54) is 27.4 Å². The molecule has 34 heavy (non-hydrogen) atoms. The summed E-state index contributed by atoms with van der Waals surface area (Å²) in [6, 6.07) is 9.62. The zero-order valence-corrected chi connectivity index (χ0v) is 19.8. The van der Waals surface area contributed by atoms with Crippen LogP contribution in [0.2, 0.25) is 0 Å². The van der Waals surface area contributed by atoms with Crippen molar-refractivity contribution in [2.24, 2.45) is 0 Å². The van der Waals surface area contributed by atoms with E-state index < -0.39 is 16.0 Å². The van der Waals surface area contributed by atoms with E-state index in [4.69, 9.17) is 14.2 Å². The molecule has 13 heteroatoms. The van der Waals surface area contributed by atoms with E-state index in [0.29, 0.717) is 28.6 Å². The highest BCUT2D eigenvalue weighted by molar-refractivity contribution is 7.90. The summed E-state index contributed by atoms with van der Waals surface area (Å²) in [6.07, 6.45) is 1.01. The molecule has 1 heterocycles. The number of aromatic nitrogens is 2. The third kappa shape index (κ3) is 6.14. The zero-order valence-electron chi connectivity index (χ0n) is 19.0. The molecule has 0 fully saturated rings. The third-order valence-corrected chi connectivity index (χ3v) is 5.55. The Hall–Kier alpha value is -3.84. The summed E-state index contributed by atoms with van der Waals surface area (Å²) >= 11 is 0. The number of hydrogen-bond donors (Lipinski definition) is 4. The molecule has 0 unspecified atom stereocenters. The Bertz CT molecular complexity index is 1230. The summed E-state index contributed by atoms with van der Waals surface area (Å²) < 4.78 is 58.9. The SMILES string of the molecule is CCNS(=O)(=O)Nc1cccc(Nc2nc(Nc3cc(OC)c(OC)c(OC)c3)ncc2F)c1. The lowest BCUT2D eigenvalue weighted by atomic mass is 10.2. The van der Waals surface area contributed by atoms with Gasteiger partial charge in [0.2, 0.25) is 11.7 Å². The van der Waals surface area contributed by atoms with E-state index in [-0.39, 0.29) is 24.0 Å². The highest BCUT2D eigenvalue weighted by atomic mass is 32.2. The van der Waals surface area contributed by atoms with Crippen molar-refractivity contribution in [3.8, 4) is 17.2 Å². The Morgan fingerprint density at radius 2 is 1.62 bits per heavy atom. The van der Waals surface area contributed by atoms with Crippen LogP contribution >= 0.6 is 0 Å². The van der Waals surface area contributed by atoms with E-state index in [1.807, 2.05) is 0 Å². The molecule has 0 aliphatic carbocycles. The molecule has 0 aliphatic rings. The number of methoxy groups -OCH3 is 3. The molecule has 0 saturated carbocycles. The van der Waals surface area contributed by atoms with Gasteiger partial charge in [-0.2, -0.15) is 18.1 Å². The average Bonchev–Trinajstić information content (AvgIpc) is 2.80. The fraction of sp³-hybridized carbons (Fsp3) is 0.238. The fourth-order valence-electron chi connectivity index (χ4n) is 2.98. The molecule has 4 N–H and O–H groups in total. The summed E-state index contributed by atoms with van der Waals surface area (Å²) in [6.45, 7) is 1.90. The second kappa shape index (κ2) is 10.9. The van der Waals surface area contributed by atoms with Crippen molar-refractivity contribution in [1.82, 2.24) is 14.7 Å². The molecule has 0 aliphatic heterocycles. The van der Waals surface area contributed by atoms with Gasteiger partial charge < -0.3 is 24.8 Å². The molecule has 1 aromatic heterocycles. The summed E-state index contributed by atoms with van der Waals surface area (Å²) in [4.78, 5) is 8.14. The maximum Gasteiger partial charge on any atom is 0.299 e. The van der Waals surface area contributed by atoms with E-state index in [2.05, 4.69) is 30.0 Å². The molecule has 0 spiro atoms.